The average Bonchev–Trinajstić information content (AvgIpc) is 3.37. The van der Waals surface area contributed by atoms with Crippen LogP contribution in [0.5, 0.6) is 0 Å². The zero-order valence-corrected chi connectivity index (χ0v) is 16.3. The molecule has 0 aliphatic heterocycles. The highest BCUT2D eigenvalue weighted by molar-refractivity contribution is 8.01. The summed E-state index contributed by atoms with van der Waals surface area (Å²) in [7, 11) is 0. The summed E-state index contributed by atoms with van der Waals surface area (Å²) in [4.78, 5) is 12.4. The van der Waals surface area contributed by atoms with E-state index in [1.807, 2.05) is 18.2 Å². The molecule has 0 bridgehead atoms. The Balaban J connectivity index is 1.26. The van der Waals surface area contributed by atoms with Gasteiger partial charge in [0.15, 0.2) is 4.34 Å². The Morgan fingerprint density at radius 2 is 2.19 bits per heavy atom. The number of thioether (sulfide) groups is 1. The van der Waals surface area contributed by atoms with E-state index >= 15 is 0 Å². The normalized spacial score (nSPS) is 15.9. The van der Waals surface area contributed by atoms with E-state index in [9.17, 15) is 4.79 Å². The summed E-state index contributed by atoms with van der Waals surface area (Å²) >= 11 is 2.85. The average molecular weight is 401 g/mol. The second-order valence-electron chi connectivity index (χ2n) is 6.31. The molecule has 1 amide bonds. The van der Waals surface area contributed by atoms with Crippen LogP contribution in [0.1, 0.15) is 35.8 Å². The summed E-state index contributed by atoms with van der Waals surface area (Å²) in [5.41, 5.74) is 2.60. The van der Waals surface area contributed by atoms with Gasteiger partial charge in [-0.2, -0.15) is 0 Å². The van der Waals surface area contributed by atoms with Crippen molar-refractivity contribution < 1.29 is 9.21 Å². The predicted molar refractivity (Wildman–Crippen MR) is 107 cm³/mol. The molecule has 0 spiro atoms. The van der Waals surface area contributed by atoms with Crippen molar-refractivity contribution in [2.75, 3.05) is 11.1 Å². The Labute approximate surface area is 165 Å². The highest BCUT2D eigenvalue weighted by atomic mass is 32.2. The molecule has 0 saturated heterocycles. The van der Waals surface area contributed by atoms with E-state index in [0.29, 0.717) is 12.3 Å². The van der Waals surface area contributed by atoms with Gasteiger partial charge in [-0.25, -0.2) is 0 Å². The van der Waals surface area contributed by atoms with Crippen molar-refractivity contribution >= 4 is 34.1 Å². The fourth-order valence-corrected chi connectivity index (χ4v) is 4.74. The number of nitrogens with one attached hydrogen (secondary N) is 2. The molecule has 1 aliphatic carbocycles. The molecule has 0 fully saturated rings. The molecule has 2 heterocycles. The molecule has 0 saturated carbocycles. The number of hydrogen-bond donors (Lipinski definition) is 2. The van der Waals surface area contributed by atoms with Crippen LogP contribution in [0.25, 0.3) is 0 Å². The van der Waals surface area contributed by atoms with Crippen LogP contribution in [0.4, 0.5) is 5.13 Å². The van der Waals surface area contributed by atoms with E-state index in [4.69, 9.17) is 4.42 Å². The number of hydrogen-bond acceptors (Lipinski definition) is 7. The quantitative estimate of drug-likeness (QED) is 0.583. The Hall–Kier alpha value is -2.32. The standard InChI is InChI=1S/C19H20N4O2S2/c24-17(21-16-9-3-6-13-5-1-2-8-15(13)16)12-26-19-23-22-18(27-19)20-11-14-7-4-10-25-14/h1-2,4-5,7-8,10,16H,3,6,9,11-12H2,(H,20,22)(H,21,24). The molecule has 1 aliphatic rings. The molecule has 2 aromatic heterocycles. The van der Waals surface area contributed by atoms with Crippen LogP contribution in [-0.4, -0.2) is 21.9 Å². The molecule has 1 unspecified atom stereocenters. The lowest BCUT2D eigenvalue weighted by Gasteiger charge is -2.26. The minimum Gasteiger partial charge on any atom is -0.467 e. The predicted octanol–water partition coefficient (Wildman–Crippen LogP) is 4.03. The largest absolute Gasteiger partial charge is 0.467 e. The first-order valence-corrected chi connectivity index (χ1v) is 10.7. The molecular formula is C19H20N4O2S2. The van der Waals surface area contributed by atoms with Gasteiger partial charge in [0.05, 0.1) is 24.6 Å². The maximum atomic E-state index is 12.4. The lowest BCUT2D eigenvalue weighted by molar-refractivity contribution is -0.119. The van der Waals surface area contributed by atoms with Crippen LogP contribution in [0.15, 0.2) is 51.4 Å². The van der Waals surface area contributed by atoms with Gasteiger partial charge in [-0.3, -0.25) is 4.79 Å². The van der Waals surface area contributed by atoms with Gasteiger partial charge in [0.25, 0.3) is 0 Å². The number of rotatable bonds is 7. The van der Waals surface area contributed by atoms with Gasteiger partial charge in [-0.15, -0.1) is 10.2 Å². The van der Waals surface area contributed by atoms with Gasteiger partial charge < -0.3 is 15.1 Å². The van der Waals surface area contributed by atoms with E-state index in [1.165, 1.54) is 34.2 Å². The van der Waals surface area contributed by atoms with Crippen LogP contribution in [-0.2, 0) is 17.8 Å². The van der Waals surface area contributed by atoms with Gasteiger partial charge >= 0.3 is 0 Å². The number of anilines is 1. The lowest BCUT2D eigenvalue weighted by atomic mass is 9.88. The highest BCUT2D eigenvalue weighted by Crippen LogP contribution is 2.30. The Morgan fingerprint density at radius 1 is 1.26 bits per heavy atom. The minimum absolute atomic E-state index is 0.0296. The Bertz CT molecular complexity index is 895. The number of carbonyl (C=O) groups excluding carboxylic acids is 1. The van der Waals surface area contributed by atoms with Crippen molar-refractivity contribution in [3.63, 3.8) is 0 Å². The molecule has 1 atom stereocenters. The molecule has 140 valence electrons. The van der Waals surface area contributed by atoms with Crippen molar-refractivity contribution in [1.29, 1.82) is 0 Å². The smallest absolute Gasteiger partial charge is 0.230 e. The van der Waals surface area contributed by atoms with Crippen LogP contribution in [0, 0.1) is 0 Å². The Morgan fingerprint density at radius 3 is 3.07 bits per heavy atom. The summed E-state index contributed by atoms with van der Waals surface area (Å²) in [5.74, 6) is 1.21. The van der Waals surface area contributed by atoms with Crippen LogP contribution in [0.3, 0.4) is 0 Å². The van der Waals surface area contributed by atoms with Gasteiger partial charge in [0, 0.05) is 0 Å². The van der Waals surface area contributed by atoms with E-state index in [1.54, 1.807) is 6.26 Å². The third-order valence-corrected chi connectivity index (χ3v) is 6.45. The zero-order valence-electron chi connectivity index (χ0n) is 14.7. The second kappa shape index (κ2) is 8.58. The van der Waals surface area contributed by atoms with E-state index < -0.39 is 0 Å². The SMILES string of the molecule is O=C(CSc1nnc(NCc2ccco2)s1)NC1CCCc2ccccc21. The highest BCUT2D eigenvalue weighted by Gasteiger charge is 2.21. The third kappa shape index (κ3) is 4.70. The van der Waals surface area contributed by atoms with E-state index in [2.05, 4.69) is 39.0 Å². The number of furan rings is 1. The van der Waals surface area contributed by atoms with Crippen molar-refractivity contribution in [3.05, 3.63) is 59.5 Å². The fraction of sp³-hybridized carbons (Fsp3) is 0.316. The van der Waals surface area contributed by atoms with E-state index in [0.717, 1.165) is 34.5 Å². The number of amides is 1. The molecule has 8 heteroatoms. The van der Waals surface area contributed by atoms with Gasteiger partial charge in [0.2, 0.25) is 11.0 Å². The summed E-state index contributed by atoms with van der Waals surface area (Å²) < 4.78 is 6.05. The molecule has 3 aromatic rings. The zero-order chi connectivity index (χ0) is 18.5. The summed E-state index contributed by atoms with van der Waals surface area (Å²) in [6, 6.07) is 12.2. The molecule has 1 aromatic carbocycles. The molecule has 0 radical (unpaired) electrons. The Kier molecular flexibility index (Phi) is 5.74. The lowest BCUT2D eigenvalue weighted by Crippen LogP contribution is -2.32. The summed E-state index contributed by atoms with van der Waals surface area (Å²) in [6.45, 7) is 0.563. The van der Waals surface area contributed by atoms with Crippen molar-refractivity contribution in [3.8, 4) is 0 Å². The number of aromatic nitrogens is 2. The van der Waals surface area contributed by atoms with Crippen molar-refractivity contribution in [2.45, 2.75) is 36.2 Å². The third-order valence-electron chi connectivity index (χ3n) is 4.43. The minimum atomic E-state index is 0.0296. The topological polar surface area (TPSA) is 80.1 Å². The number of fused-ring (bicyclic) bond motifs is 1. The van der Waals surface area contributed by atoms with Crippen LogP contribution in [0.2, 0.25) is 0 Å². The van der Waals surface area contributed by atoms with Crippen molar-refractivity contribution in [1.82, 2.24) is 15.5 Å². The van der Waals surface area contributed by atoms with Gasteiger partial charge in [0.1, 0.15) is 5.76 Å². The first-order valence-electron chi connectivity index (χ1n) is 8.87. The van der Waals surface area contributed by atoms with E-state index in [-0.39, 0.29) is 11.9 Å². The van der Waals surface area contributed by atoms with Crippen LogP contribution < -0.4 is 10.6 Å². The van der Waals surface area contributed by atoms with Gasteiger partial charge in [-0.1, -0.05) is 47.4 Å². The first-order chi connectivity index (χ1) is 13.3. The van der Waals surface area contributed by atoms with Crippen LogP contribution >= 0.6 is 23.1 Å². The number of benzene rings is 1. The molecular weight excluding hydrogens is 380 g/mol. The molecule has 2 N–H and O–H groups in total. The maximum absolute atomic E-state index is 12.4. The number of nitrogens with zero attached hydrogens (tertiary/aromatic N) is 2. The molecule has 6 nitrogen and oxygen atoms in total. The summed E-state index contributed by atoms with van der Waals surface area (Å²) in [5, 5.41) is 15.3. The first kappa shape index (κ1) is 18.1. The molecule has 4 rings (SSSR count). The second-order valence-corrected chi connectivity index (χ2v) is 8.51. The number of aryl methyl sites for hydroxylation is 1. The maximum Gasteiger partial charge on any atom is 0.230 e. The van der Waals surface area contributed by atoms with Crippen molar-refractivity contribution in [2.24, 2.45) is 0 Å². The fourth-order valence-electron chi connectivity index (χ4n) is 3.18. The van der Waals surface area contributed by atoms with Gasteiger partial charge in [-0.05, 0) is 42.5 Å². The number of carbonyl (C=O) groups is 1. The molecule has 27 heavy (non-hydrogen) atoms. The summed E-state index contributed by atoms with van der Waals surface area (Å²) in [6.07, 6.45) is 4.83. The monoisotopic (exact) mass is 400 g/mol.